The second kappa shape index (κ2) is 8.38. The van der Waals surface area contributed by atoms with E-state index in [1.165, 1.54) is 4.57 Å². The minimum atomic E-state index is -0.765. The lowest BCUT2D eigenvalue weighted by Gasteiger charge is -2.24. The number of rotatable bonds is 4. The van der Waals surface area contributed by atoms with Crippen molar-refractivity contribution in [3.63, 3.8) is 0 Å². The van der Waals surface area contributed by atoms with Crippen LogP contribution in [0, 0.1) is 11.3 Å². The summed E-state index contributed by atoms with van der Waals surface area (Å²) in [6, 6.07) is 9.13. The van der Waals surface area contributed by atoms with Gasteiger partial charge >= 0.3 is 5.97 Å². The van der Waals surface area contributed by atoms with Crippen molar-refractivity contribution in [3.8, 4) is 6.07 Å². The number of thiazole rings is 1. The molecule has 0 saturated heterocycles. The molecule has 0 fully saturated rings. The van der Waals surface area contributed by atoms with E-state index < -0.39 is 17.4 Å². The van der Waals surface area contributed by atoms with Crippen LogP contribution in [0.25, 0.3) is 17.5 Å². The van der Waals surface area contributed by atoms with Crippen LogP contribution in [0.4, 0.5) is 0 Å². The number of hydrogen-bond donors (Lipinski definition) is 1. The third-order valence-electron chi connectivity index (χ3n) is 4.81. The molecule has 0 saturated carbocycles. The number of nitrogens with zero attached hydrogens (tertiary/aromatic N) is 4. The molecule has 1 unspecified atom stereocenters. The van der Waals surface area contributed by atoms with Gasteiger partial charge in [0, 0.05) is 24.8 Å². The van der Waals surface area contributed by atoms with E-state index >= 15 is 0 Å². The smallest absolute Gasteiger partial charge is 0.338 e. The van der Waals surface area contributed by atoms with Crippen LogP contribution in [0.15, 0.2) is 59.4 Å². The van der Waals surface area contributed by atoms with Crippen molar-refractivity contribution < 1.29 is 9.53 Å². The monoisotopic (exact) mass is 431 g/mol. The van der Waals surface area contributed by atoms with Gasteiger partial charge in [-0.25, -0.2) is 4.79 Å². The van der Waals surface area contributed by atoms with Crippen molar-refractivity contribution in [2.24, 2.45) is 5.73 Å². The van der Waals surface area contributed by atoms with Crippen LogP contribution >= 0.6 is 11.3 Å². The van der Waals surface area contributed by atoms with Gasteiger partial charge in [-0.05, 0) is 48.4 Å². The second-order valence-corrected chi connectivity index (χ2v) is 7.63. The molecule has 0 spiro atoms. The quantitative estimate of drug-likeness (QED) is 0.603. The predicted molar refractivity (Wildman–Crippen MR) is 116 cm³/mol. The fraction of sp³-hybridized carbons (Fsp3) is 0.136. The fourth-order valence-electron chi connectivity index (χ4n) is 3.46. The largest absolute Gasteiger partial charge is 0.463 e. The zero-order valence-corrected chi connectivity index (χ0v) is 17.3. The molecule has 2 N–H and O–H groups in total. The summed E-state index contributed by atoms with van der Waals surface area (Å²) in [4.78, 5) is 34.0. The van der Waals surface area contributed by atoms with Crippen molar-refractivity contribution in [1.82, 2.24) is 14.5 Å². The minimum Gasteiger partial charge on any atom is -0.463 e. The highest BCUT2D eigenvalue weighted by Crippen LogP contribution is 2.36. The predicted octanol–water partition coefficient (Wildman–Crippen LogP) is 0.691. The van der Waals surface area contributed by atoms with Gasteiger partial charge in [0.15, 0.2) is 0 Å². The Bertz CT molecular complexity index is 1400. The number of hydrogen-bond acceptors (Lipinski definition) is 8. The molecular formula is C22H17N5O3S. The van der Waals surface area contributed by atoms with E-state index in [-0.39, 0.29) is 23.6 Å². The summed E-state index contributed by atoms with van der Waals surface area (Å²) < 4.78 is 7.21. The molecule has 0 radical (unpaired) electrons. The Labute approximate surface area is 180 Å². The molecule has 4 heterocycles. The molecule has 1 aliphatic heterocycles. The Morgan fingerprint density at radius 2 is 1.90 bits per heavy atom. The number of pyridine rings is 2. The first-order valence-electron chi connectivity index (χ1n) is 9.41. The van der Waals surface area contributed by atoms with Gasteiger partial charge in [-0.15, -0.1) is 11.3 Å². The van der Waals surface area contributed by atoms with Crippen LogP contribution in [0.2, 0.25) is 0 Å². The van der Waals surface area contributed by atoms with E-state index in [4.69, 9.17) is 10.5 Å². The summed E-state index contributed by atoms with van der Waals surface area (Å²) >= 11 is 1.15. The molecule has 3 aromatic heterocycles. The summed E-state index contributed by atoms with van der Waals surface area (Å²) in [7, 11) is 0. The average Bonchev–Trinajstić information content (AvgIpc) is 3.11. The molecule has 0 bridgehead atoms. The van der Waals surface area contributed by atoms with Crippen molar-refractivity contribution in [1.29, 1.82) is 5.26 Å². The highest BCUT2D eigenvalue weighted by molar-refractivity contribution is 7.07. The molecule has 8 nitrogen and oxygen atoms in total. The van der Waals surface area contributed by atoms with E-state index in [0.717, 1.165) is 16.9 Å². The van der Waals surface area contributed by atoms with Gasteiger partial charge in [0.25, 0.3) is 5.56 Å². The minimum absolute atomic E-state index is 0.0371. The standard InChI is InChI=1S/C22H17N5O3S/c1-2-30-22(29)18-17(14-5-9-26-10-6-14)15(12-23)21-27(19(18)24)20(28)16(31-21)11-13-3-7-25-8-4-13/h3-11,17H,2,24H2,1H3/b16-11-. The molecule has 3 aromatic rings. The zero-order valence-electron chi connectivity index (χ0n) is 16.5. The van der Waals surface area contributed by atoms with Crippen LogP contribution in [0.1, 0.15) is 24.0 Å². The highest BCUT2D eigenvalue weighted by atomic mass is 32.1. The summed E-state index contributed by atoms with van der Waals surface area (Å²) in [6.07, 6.45) is 8.09. The van der Waals surface area contributed by atoms with E-state index in [9.17, 15) is 14.9 Å². The molecule has 154 valence electrons. The third kappa shape index (κ3) is 3.53. The lowest BCUT2D eigenvalue weighted by Crippen LogP contribution is -2.40. The molecule has 1 atom stereocenters. The molecule has 0 aromatic carbocycles. The molecule has 1 aliphatic rings. The maximum absolute atomic E-state index is 13.2. The van der Waals surface area contributed by atoms with E-state index in [1.807, 2.05) is 0 Å². The highest BCUT2D eigenvalue weighted by Gasteiger charge is 2.36. The molecule has 31 heavy (non-hydrogen) atoms. The van der Waals surface area contributed by atoms with Gasteiger partial charge in [0.1, 0.15) is 10.5 Å². The van der Waals surface area contributed by atoms with E-state index in [0.29, 0.717) is 14.8 Å². The normalized spacial score (nSPS) is 16.1. The Hall–Kier alpha value is -4.03. The van der Waals surface area contributed by atoms with Gasteiger partial charge in [-0.2, -0.15) is 5.26 Å². The van der Waals surface area contributed by atoms with Crippen molar-refractivity contribution in [2.45, 2.75) is 12.8 Å². The number of fused-ring (bicyclic) bond motifs is 1. The second-order valence-electron chi connectivity index (χ2n) is 6.60. The number of nitrogens with two attached hydrogens (primary N) is 1. The Morgan fingerprint density at radius 1 is 1.26 bits per heavy atom. The Balaban J connectivity index is 2.07. The van der Waals surface area contributed by atoms with Gasteiger partial charge < -0.3 is 10.5 Å². The lowest BCUT2D eigenvalue weighted by atomic mass is 9.84. The summed E-state index contributed by atoms with van der Waals surface area (Å²) in [5.41, 5.74) is 7.71. The first-order chi connectivity index (χ1) is 15.1. The van der Waals surface area contributed by atoms with Gasteiger partial charge in [0.05, 0.1) is 34.3 Å². The number of nitriles is 1. The van der Waals surface area contributed by atoms with Crippen LogP contribution < -0.4 is 20.5 Å². The number of carbonyl (C=O) groups is 1. The molecular weight excluding hydrogens is 414 g/mol. The molecule has 0 amide bonds. The first kappa shape index (κ1) is 20.3. The zero-order chi connectivity index (χ0) is 22.0. The number of ether oxygens (including phenoxy) is 1. The summed E-state index contributed by atoms with van der Waals surface area (Å²) in [5, 5.41) is 10.0. The SMILES string of the molecule is CCOC(=O)C1=C(N)n2c(s/c(=C\c3ccncc3)c2=O)=C(C#N)C1c1ccncc1. The average molecular weight is 431 g/mol. The van der Waals surface area contributed by atoms with Crippen molar-refractivity contribution >= 4 is 34.8 Å². The van der Waals surface area contributed by atoms with Crippen molar-refractivity contribution in [3.05, 3.63) is 85.3 Å². The fourth-order valence-corrected chi connectivity index (χ4v) is 4.59. The van der Waals surface area contributed by atoms with Gasteiger partial charge in [-0.3, -0.25) is 19.3 Å². The van der Waals surface area contributed by atoms with Gasteiger partial charge in [0.2, 0.25) is 0 Å². The summed E-state index contributed by atoms with van der Waals surface area (Å²) in [6.45, 7) is 1.81. The topological polar surface area (TPSA) is 124 Å². The summed E-state index contributed by atoms with van der Waals surface area (Å²) in [5.74, 6) is -1.47. The molecule has 0 aliphatic carbocycles. The van der Waals surface area contributed by atoms with E-state index in [2.05, 4.69) is 16.0 Å². The van der Waals surface area contributed by atoms with Crippen LogP contribution in [-0.2, 0) is 9.53 Å². The Morgan fingerprint density at radius 3 is 2.52 bits per heavy atom. The van der Waals surface area contributed by atoms with Crippen molar-refractivity contribution in [2.75, 3.05) is 6.61 Å². The first-order valence-corrected chi connectivity index (χ1v) is 10.2. The lowest BCUT2D eigenvalue weighted by molar-refractivity contribution is -0.138. The number of esters is 1. The Kier molecular flexibility index (Phi) is 5.47. The van der Waals surface area contributed by atoms with E-state index in [1.54, 1.807) is 62.1 Å². The van der Waals surface area contributed by atoms with Crippen LogP contribution in [-0.4, -0.2) is 27.1 Å². The molecule has 4 rings (SSSR count). The van der Waals surface area contributed by atoms with Gasteiger partial charge in [-0.1, -0.05) is 0 Å². The number of aromatic nitrogens is 3. The maximum Gasteiger partial charge on any atom is 0.338 e. The number of carbonyl (C=O) groups excluding carboxylic acids is 1. The van der Waals surface area contributed by atoms with Crippen LogP contribution in [0.5, 0.6) is 0 Å². The molecule has 9 heteroatoms. The maximum atomic E-state index is 13.2. The third-order valence-corrected chi connectivity index (χ3v) is 5.92. The van der Waals surface area contributed by atoms with Crippen LogP contribution in [0.3, 0.4) is 0 Å².